The van der Waals surface area contributed by atoms with Crippen molar-refractivity contribution in [2.75, 3.05) is 0 Å². The highest BCUT2D eigenvalue weighted by molar-refractivity contribution is 5.27. The second-order valence-corrected chi connectivity index (χ2v) is 5.47. The van der Waals surface area contributed by atoms with E-state index in [9.17, 15) is 4.79 Å². The molecule has 2 aromatic rings. The Morgan fingerprint density at radius 1 is 1.05 bits per heavy atom. The minimum absolute atomic E-state index is 0.106. The van der Waals surface area contributed by atoms with E-state index in [1.165, 1.54) is 6.42 Å². The van der Waals surface area contributed by atoms with Gasteiger partial charge in [0.1, 0.15) is 5.76 Å². The van der Waals surface area contributed by atoms with Gasteiger partial charge in [0.25, 0.3) is 0 Å². The predicted octanol–water partition coefficient (Wildman–Crippen LogP) is 1.91. The van der Waals surface area contributed by atoms with E-state index >= 15 is 0 Å². The average molecular weight is 259 g/mol. The Morgan fingerprint density at radius 2 is 1.84 bits per heavy atom. The Hall–Kier alpha value is -1.78. The third-order valence-electron chi connectivity index (χ3n) is 4.20. The van der Waals surface area contributed by atoms with Gasteiger partial charge in [-0.15, -0.1) is 0 Å². The normalized spacial score (nSPS) is 18.1. The number of aryl methyl sites for hydroxylation is 3. The molecule has 2 aromatic heterocycles. The number of imidazole rings is 1. The van der Waals surface area contributed by atoms with Crippen LogP contribution in [0.2, 0.25) is 0 Å². The van der Waals surface area contributed by atoms with E-state index in [2.05, 4.69) is 9.97 Å². The lowest BCUT2D eigenvalue weighted by molar-refractivity contribution is 0.454. The summed E-state index contributed by atoms with van der Waals surface area (Å²) >= 11 is 0. The first-order chi connectivity index (χ1) is 9.33. The van der Waals surface area contributed by atoms with Gasteiger partial charge in [0.15, 0.2) is 0 Å². The largest absolute Gasteiger partial charge is 0.428 e. The molecule has 0 fully saturated rings. The molecule has 0 amide bonds. The number of aromatic amines is 1. The van der Waals surface area contributed by atoms with Gasteiger partial charge in [0.05, 0.1) is 11.4 Å². The van der Waals surface area contributed by atoms with Gasteiger partial charge in [-0.3, -0.25) is 0 Å². The zero-order valence-corrected chi connectivity index (χ0v) is 10.9. The fraction of sp³-hybridized carbons (Fsp3) is 0.571. The molecule has 0 aliphatic heterocycles. The van der Waals surface area contributed by atoms with Crippen LogP contribution in [0.3, 0.4) is 0 Å². The summed E-state index contributed by atoms with van der Waals surface area (Å²) in [6, 6.07) is 0.469. The van der Waals surface area contributed by atoms with Gasteiger partial charge in [-0.25, -0.2) is 9.36 Å². The number of nitrogens with one attached hydrogen (secondary N) is 1. The number of oxazole rings is 1. The van der Waals surface area contributed by atoms with Crippen LogP contribution in [0.4, 0.5) is 0 Å². The first kappa shape index (κ1) is 11.1. The number of nitrogens with zero attached hydrogens (tertiary/aromatic N) is 2. The lowest BCUT2D eigenvalue weighted by atomic mass is 10.0. The second kappa shape index (κ2) is 4.11. The minimum atomic E-state index is -0.106. The molecule has 19 heavy (non-hydrogen) atoms. The van der Waals surface area contributed by atoms with Crippen molar-refractivity contribution in [1.29, 1.82) is 0 Å². The fourth-order valence-corrected chi connectivity index (χ4v) is 3.21. The molecular formula is C14H17N3O2. The summed E-state index contributed by atoms with van der Waals surface area (Å²) in [6.07, 6.45) is 8.41. The van der Waals surface area contributed by atoms with Crippen molar-refractivity contribution in [3.8, 4) is 6.01 Å². The van der Waals surface area contributed by atoms with E-state index in [4.69, 9.17) is 4.42 Å². The van der Waals surface area contributed by atoms with E-state index in [1.807, 2.05) is 0 Å². The molecule has 0 aromatic carbocycles. The molecule has 4 rings (SSSR count). The number of hydrogen-bond donors (Lipinski definition) is 1. The highest BCUT2D eigenvalue weighted by Crippen LogP contribution is 2.25. The molecule has 0 radical (unpaired) electrons. The zero-order chi connectivity index (χ0) is 12.8. The number of rotatable bonds is 1. The van der Waals surface area contributed by atoms with E-state index in [1.54, 1.807) is 4.57 Å². The van der Waals surface area contributed by atoms with Crippen molar-refractivity contribution in [3.63, 3.8) is 0 Å². The molecule has 2 aliphatic carbocycles. The highest BCUT2D eigenvalue weighted by Gasteiger charge is 2.24. The molecule has 0 unspecified atom stereocenters. The first-order valence-corrected chi connectivity index (χ1v) is 7.14. The van der Waals surface area contributed by atoms with Crippen LogP contribution in [0.15, 0.2) is 9.21 Å². The molecule has 0 saturated carbocycles. The lowest BCUT2D eigenvalue weighted by Crippen LogP contribution is -2.17. The lowest BCUT2D eigenvalue weighted by Gasteiger charge is -2.11. The first-order valence-electron chi connectivity index (χ1n) is 7.14. The maximum Gasteiger partial charge on any atom is 0.334 e. The molecule has 0 atom stereocenters. The molecule has 2 heterocycles. The van der Waals surface area contributed by atoms with Gasteiger partial charge in [-0.2, -0.15) is 4.98 Å². The van der Waals surface area contributed by atoms with Crippen LogP contribution >= 0.6 is 0 Å². The topological polar surface area (TPSA) is 63.8 Å². The molecule has 100 valence electrons. The number of H-pyrrole nitrogens is 1. The SMILES string of the molecule is O=c1[nH]c2c(n1-c1nc3c(o1)CCCC3)CCCC2. The summed E-state index contributed by atoms with van der Waals surface area (Å²) in [5, 5.41) is 0. The molecule has 5 nitrogen and oxygen atoms in total. The van der Waals surface area contributed by atoms with Crippen molar-refractivity contribution in [2.24, 2.45) is 0 Å². The van der Waals surface area contributed by atoms with Crippen LogP contribution in [0.5, 0.6) is 0 Å². The molecule has 0 saturated heterocycles. The quantitative estimate of drug-likeness (QED) is 0.850. The predicted molar refractivity (Wildman–Crippen MR) is 69.7 cm³/mol. The highest BCUT2D eigenvalue weighted by atomic mass is 16.4. The van der Waals surface area contributed by atoms with Crippen molar-refractivity contribution in [2.45, 2.75) is 51.4 Å². The van der Waals surface area contributed by atoms with Gasteiger partial charge in [-0.1, -0.05) is 0 Å². The molecule has 2 aliphatic rings. The smallest absolute Gasteiger partial charge is 0.334 e. The summed E-state index contributed by atoms with van der Waals surface area (Å²) in [4.78, 5) is 19.6. The Morgan fingerprint density at radius 3 is 2.74 bits per heavy atom. The van der Waals surface area contributed by atoms with Gasteiger partial charge in [0, 0.05) is 12.1 Å². The van der Waals surface area contributed by atoms with Crippen LogP contribution in [0.25, 0.3) is 6.01 Å². The van der Waals surface area contributed by atoms with Crippen molar-refractivity contribution in [1.82, 2.24) is 14.5 Å². The van der Waals surface area contributed by atoms with Crippen molar-refractivity contribution < 1.29 is 4.42 Å². The Bertz CT molecular complexity index is 654. The third kappa shape index (κ3) is 1.68. The summed E-state index contributed by atoms with van der Waals surface area (Å²) in [6.45, 7) is 0. The van der Waals surface area contributed by atoms with Gasteiger partial charge < -0.3 is 9.40 Å². The summed E-state index contributed by atoms with van der Waals surface area (Å²) < 4.78 is 7.47. The Labute approximate surface area is 110 Å². The van der Waals surface area contributed by atoms with E-state index in [0.717, 1.165) is 67.8 Å². The average Bonchev–Trinajstić information content (AvgIpc) is 2.97. The number of aromatic nitrogens is 3. The van der Waals surface area contributed by atoms with E-state index in [0.29, 0.717) is 6.01 Å². The van der Waals surface area contributed by atoms with Crippen molar-refractivity contribution >= 4 is 0 Å². The van der Waals surface area contributed by atoms with Crippen molar-refractivity contribution in [3.05, 3.63) is 33.3 Å². The third-order valence-corrected chi connectivity index (χ3v) is 4.20. The zero-order valence-electron chi connectivity index (χ0n) is 10.9. The standard InChI is InChI=1S/C14H17N3O2/c18-13-15-9-5-1-3-7-11(9)17(13)14-16-10-6-2-4-8-12(10)19-14/h1-8H2,(H,15,18). The Kier molecular flexibility index (Phi) is 2.40. The number of fused-ring (bicyclic) bond motifs is 2. The van der Waals surface area contributed by atoms with Crippen LogP contribution in [0, 0.1) is 0 Å². The van der Waals surface area contributed by atoms with E-state index in [-0.39, 0.29) is 5.69 Å². The number of hydrogen-bond acceptors (Lipinski definition) is 3. The van der Waals surface area contributed by atoms with Gasteiger partial charge in [-0.05, 0) is 44.9 Å². The summed E-state index contributed by atoms with van der Waals surface area (Å²) in [7, 11) is 0. The fourth-order valence-electron chi connectivity index (χ4n) is 3.21. The van der Waals surface area contributed by atoms with Gasteiger partial charge >= 0.3 is 11.7 Å². The van der Waals surface area contributed by atoms with Crippen LogP contribution < -0.4 is 5.69 Å². The molecule has 0 spiro atoms. The molecule has 0 bridgehead atoms. The molecule has 5 heteroatoms. The Balaban J connectivity index is 1.86. The molecule has 1 N–H and O–H groups in total. The summed E-state index contributed by atoms with van der Waals surface area (Å²) in [5.74, 6) is 0.971. The molecular weight excluding hydrogens is 242 g/mol. The van der Waals surface area contributed by atoms with Crippen LogP contribution in [-0.4, -0.2) is 14.5 Å². The van der Waals surface area contributed by atoms with Crippen LogP contribution in [-0.2, 0) is 25.7 Å². The second-order valence-electron chi connectivity index (χ2n) is 5.47. The summed E-state index contributed by atoms with van der Waals surface area (Å²) in [5.41, 5.74) is 3.06. The maximum absolute atomic E-state index is 12.1. The van der Waals surface area contributed by atoms with Gasteiger partial charge in [0.2, 0.25) is 0 Å². The monoisotopic (exact) mass is 259 g/mol. The maximum atomic E-state index is 12.1. The minimum Gasteiger partial charge on any atom is -0.428 e. The van der Waals surface area contributed by atoms with Crippen LogP contribution in [0.1, 0.15) is 48.5 Å². The van der Waals surface area contributed by atoms with E-state index < -0.39 is 0 Å².